The molecule has 1 aliphatic rings. The van der Waals surface area contributed by atoms with Crippen molar-refractivity contribution in [1.29, 1.82) is 0 Å². The lowest BCUT2D eigenvalue weighted by atomic mass is 9.96. The minimum absolute atomic E-state index is 0.0815. The predicted molar refractivity (Wildman–Crippen MR) is 114 cm³/mol. The molecule has 0 bridgehead atoms. The van der Waals surface area contributed by atoms with Crippen molar-refractivity contribution in [3.8, 4) is 0 Å². The molecule has 0 aliphatic carbocycles. The molecule has 3 aromatic rings. The monoisotopic (exact) mass is 413 g/mol. The summed E-state index contributed by atoms with van der Waals surface area (Å²) in [6, 6.07) is 20.9. The van der Waals surface area contributed by atoms with Crippen LogP contribution in [-0.2, 0) is 0 Å². The van der Waals surface area contributed by atoms with Crippen molar-refractivity contribution in [3.05, 3.63) is 93.5 Å². The van der Waals surface area contributed by atoms with E-state index in [2.05, 4.69) is 5.32 Å². The minimum Gasteiger partial charge on any atom is -0.376 e. The number of Topliss-reactive ketones (excluding diaryl/α,β-unsaturated/α-hetero) is 1. The number of anilines is 1. The number of thioether (sulfide) groups is 1. The molecule has 27 heavy (non-hydrogen) atoms. The van der Waals surface area contributed by atoms with Crippen LogP contribution in [0.2, 0.25) is 10.0 Å². The van der Waals surface area contributed by atoms with E-state index in [4.69, 9.17) is 23.2 Å². The van der Waals surface area contributed by atoms with Gasteiger partial charge in [-0.2, -0.15) is 0 Å². The molecule has 2 atom stereocenters. The molecule has 0 amide bonds. The van der Waals surface area contributed by atoms with Crippen LogP contribution in [0.15, 0.2) is 71.6 Å². The second kappa shape index (κ2) is 7.59. The van der Waals surface area contributed by atoms with E-state index >= 15 is 0 Å². The van der Waals surface area contributed by atoms with Crippen LogP contribution in [-0.4, -0.2) is 11.0 Å². The van der Waals surface area contributed by atoms with Gasteiger partial charge in [0.1, 0.15) is 0 Å². The Kier molecular flexibility index (Phi) is 5.18. The highest BCUT2D eigenvalue weighted by atomic mass is 35.5. The van der Waals surface area contributed by atoms with E-state index in [0.717, 1.165) is 21.7 Å². The first-order chi connectivity index (χ1) is 13.0. The Morgan fingerprint density at radius 2 is 1.74 bits per heavy atom. The smallest absolute Gasteiger partial charge is 0.178 e. The van der Waals surface area contributed by atoms with Gasteiger partial charge < -0.3 is 5.32 Å². The van der Waals surface area contributed by atoms with Gasteiger partial charge >= 0.3 is 0 Å². The lowest BCUT2D eigenvalue weighted by Crippen LogP contribution is -2.33. The third-order valence-electron chi connectivity index (χ3n) is 4.65. The van der Waals surface area contributed by atoms with Crippen molar-refractivity contribution in [2.45, 2.75) is 23.1 Å². The summed E-state index contributed by atoms with van der Waals surface area (Å²) in [6.45, 7) is 2.01. The first-order valence-electron chi connectivity index (χ1n) is 8.61. The lowest BCUT2D eigenvalue weighted by Gasteiger charge is -2.34. The second-order valence-corrected chi connectivity index (χ2v) is 8.58. The zero-order valence-corrected chi connectivity index (χ0v) is 16.9. The summed E-state index contributed by atoms with van der Waals surface area (Å²) in [6.07, 6.45) is 0. The van der Waals surface area contributed by atoms with Gasteiger partial charge in [0, 0.05) is 26.2 Å². The summed E-state index contributed by atoms with van der Waals surface area (Å²) in [7, 11) is 0. The summed E-state index contributed by atoms with van der Waals surface area (Å²) in [5.74, 6) is 0.0815. The summed E-state index contributed by atoms with van der Waals surface area (Å²) in [5.41, 5.74) is 3.71. The maximum atomic E-state index is 13.4. The summed E-state index contributed by atoms with van der Waals surface area (Å²) >= 11 is 14.1. The quantitative estimate of drug-likeness (QED) is 0.477. The standard InChI is InChI=1S/C22H17Cl2NOS/c1-13-6-8-14(9-7-13)21(26)22-20(16-11-10-15(23)12-17(16)24)25-18-4-2-3-5-19(18)27-22/h2-12,20,22,25H,1H3/t20-,22+/m0/s1. The molecule has 1 N–H and O–H groups in total. The van der Waals surface area contributed by atoms with Crippen molar-refractivity contribution >= 4 is 46.4 Å². The first kappa shape index (κ1) is 18.4. The largest absolute Gasteiger partial charge is 0.376 e. The Morgan fingerprint density at radius 3 is 2.48 bits per heavy atom. The third-order valence-corrected chi connectivity index (χ3v) is 6.56. The van der Waals surface area contributed by atoms with E-state index in [1.807, 2.05) is 67.6 Å². The summed E-state index contributed by atoms with van der Waals surface area (Å²) < 4.78 is 0. The van der Waals surface area contributed by atoms with Crippen molar-refractivity contribution in [2.24, 2.45) is 0 Å². The van der Waals surface area contributed by atoms with Crippen LogP contribution in [0.5, 0.6) is 0 Å². The Bertz CT molecular complexity index is 1000. The van der Waals surface area contributed by atoms with Crippen LogP contribution in [0.4, 0.5) is 5.69 Å². The molecular weight excluding hydrogens is 397 g/mol. The summed E-state index contributed by atoms with van der Waals surface area (Å²) in [5, 5.41) is 4.32. The van der Waals surface area contributed by atoms with E-state index in [1.165, 1.54) is 0 Å². The van der Waals surface area contributed by atoms with Gasteiger partial charge in [0.15, 0.2) is 5.78 Å². The Balaban J connectivity index is 1.78. The molecule has 1 aliphatic heterocycles. The maximum Gasteiger partial charge on any atom is 0.178 e. The number of nitrogens with one attached hydrogen (secondary N) is 1. The predicted octanol–water partition coefficient (Wildman–Crippen LogP) is 6.81. The van der Waals surface area contributed by atoms with Gasteiger partial charge in [0.05, 0.1) is 11.3 Å². The number of fused-ring (bicyclic) bond motifs is 1. The molecule has 5 heteroatoms. The highest BCUT2D eigenvalue weighted by Crippen LogP contribution is 2.46. The SMILES string of the molecule is Cc1ccc(C(=O)[C@@H]2Sc3ccccc3N[C@H]2c2ccc(Cl)cc2Cl)cc1. The molecule has 4 rings (SSSR count). The Morgan fingerprint density at radius 1 is 1.00 bits per heavy atom. The van der Waals surface area contributed by atoms with Gasteiger partial charge in [-0.25, -0.2) is 0 Å². The van der Waals surface area contributed by atoms with Gasteiger partial charge in [-0.15, -0.1) is 11.8 Å². The number of para-hydroxylation sites is 1. The molecule has 0 saturated carbocycles. The van der Waals surface area contributed by atoms with E-state index in [1.54, 1.807) is 17.8 Å². The molecule has 0 radical (unpaired) electrons. The van der Waals surface area contributed by atoms with Gasteiger partial charge in [0.25, 0.3) is 0 Å². The van der Waals surface area contributed by atoms with Crippen LogP contribution in [0.1, 0.15) is 27.5 Å². The lowest BCUT2D eigenvalue weighted by molar-refractivity contribution is 0.0983. The number of hydrogen-bond donors (Lipinski definition) is 1. The highest BCUT2D eigenvalue weighted by Gasteiger charge is 2.36. The summed E-state index contributed by atoms with van der Waals surface area (Å²) in [4.78, 5) is 14.4. The van der Waals surface area contributed by atoms with Gasteiger partial charge in [0.2, 0.25) is 0 Å². The minimum atomic E-state index is -0.332. The number of hydrogen-bond acceptors (Lipinski definition) is 3. The fourth-order valence-corrected chi connectivity index (χ4v) is 5.02. The maximum absolute atomic E-state index is 13.4. The first-order valence-corrected chi connectivity index (χ1v) is 10.2. The van der Waals surface area contributed by atoms with Crippen LogP contribution < -0.4 is 5.32 Å². The molecule has 136 valence electrons. The number of halogens is 2. The van der Waals surface area contributed by atoms with E-state index in [0.29, 0.717) is 15.6 Å². The fourth-order valence-electron chi connectivity index (χ4n) is 3.22. The Labute approximate surface area is 172 Å². The van der Waals surface area contributed by atoms with Crippen molar-refractivity contribution in [2.75, 3.05) is 5.32 Å². The van der Waals surface area contributed by atoms with Crippen molar-refractivity contribution in [3.63, 3.8) is 0 Å². The number of aryl methyl sites for hydroxylation is 1. The average molecular weight is 414 g/mol. The fraction of sp³-hybridized carbons (Fsp3) is 0.136. The number of carbonyl (C=O) groups is 1. The van der Waals surface area contributed by atoms with Gasteiger partial charge in [-0.3, -0.25) is 4.79 Å². The second-order valence-electron chi connectivity index (χ2n) is 6.55. The average Bonchev–Trinajstić information content (AvgIpc) is 2.67. The number of ketones is 1. The zero-order chi connectivity index (χ0) is 19.0. The van der Waals surface area contributed by atoms with Crippen LogP contribution >= 0.6 is 35.0 Å². The highest BCUT2D eigenvalue weighted by molar-refractivity contribution is 8.01. The molecule has 0 unspecified atom stereocenters. The van der Waals surface area contributed by atoms with Crippen LogP contribution in [0.25, 0.3) is 0 Å². The van der Waals surface area contributed by atoms with Gasteiger partial charge in [-0.1, -0.05) is 71.2 Å². The Hall–Kier alpha value is -1.94. The van der Waals surface area contributed by atoms with E-state index in [-0.39, 0.29) is 17.1 Å². The molecule has 0 fully saturated rings. The molecule has 1 heterocycles. The zero-order valence-electron chi connectivity index (χ0n) is 14.6. The topological polar surface area (TPSA) is 29.1 Å². The molecule has 2 nitrogen and oxygen atoms in total. The molecule has 0 spiro atoms. The number of carbonyl (C=O) groups excluding carboxylic acids is 1. The van der Waals surface area contributed by atoms with E-state index < -0.39 is 0 Å². The van der Waals surface area contributed by atoms with Crippen LogP contribution in [0, 0.1) is 6.92 Å². The van der Waals surface area contributed by atoms with Crippen LogP contribution in [0.3, 0.4) is 0 Å². The molecule has 0 aromatic heterocycles. The van der Waals surface area contributed by atoms with E-state index in [9.17, 15) is 4.79 Å². The van der Waals surface area contributed by atoms with Gasteiger partial charge in [-0.05, 0) is 36.8 Å². The molecule has 0 saturated heterocycles. The molecular formula is C22H17Cl2NOS. The molecule has 3 aromatic carbocycles. The number of benzene rings is 3. The van der Waals surface area contributed by atoms with Crippen molar-refractivity contribution < 1.29 is 4.79 Å². The third kappa shape index (κ3) is 3.73. The number of rotatable bonds is 3. The normalized spacial score (nSPS) is 18.5. The van der Waals surface area contributed by atoms with Crippen molar-refractivity contribution in [1.82, 2.24) is 0 Å².